The van der Waals surface area contributed by atoms with Crippen LogP contribution < -0.4 is 5.32 Å². The summed E-state index contributed by atoms with van der Waals surface area (Å²) in [5, 5.41) is 4.04. The van der Waals surface area contributed by atoms with E-state index in [4.69, 9.17) is 4.42 Å². The van der Waals surface area contributed by atoms with Gasteiger partial charge < -0.3 is 14.6 Å². The first-order chi connectivity index (χ1) is 12.2. The van der Waals surface area contributed by atoms with Crippen molar-refractivity contribution in [3.05, 3.63) is 36.1 Å². The molecule has 2 aromatic rings. The number of carbonyl (C=O) groups is 2. The molecule has 1 aliphatic carbocycles. The first kappa shape index (κ1) is 16.2. The zero-order valence-corrected chi connectivity index (χ0v) is 14.4. The predicted molar refractivity (Wildman–Crippen MR) is 95.2 cm³/mol. The highest BCUT2D eigenvalue weighted by Crippen LogP contribution is 2.27. The van der Waals surface area contributed by atoms with Gasteiger partial charge in [0.05, 0.1) is 0 Å². The summed E-state index contributed by atoms with van der Waals surface area (Å²) in [6.45, 7) is 2.18. The monoisotopic (exact) mass is 340 g/mol. The van der Waals surface area contributed by atoms with Crippen LogP contribution in [0, 0.1) is 11.8 Å². The van der Waals surface area contributed by atoms with Crippen molar-refractivity contribution >= 4 is 22.8 Å². The molecule has 0 spiro atoms. The van der Waals surface area contributed by atoms with Crippen molar-refractivity contribution < 1.29 is 14.0 Å². The van der Waals surface area contributed by atoms with Gasteiger partial charge in [-0.1, -0.05) is 24.6 Å². The molecule has 132 valence electrons. The van der Waals surface area contributed by atoms with Gasteiger partial charge in [0, 0.05) is 30.9 Å². The van der Waals surface area contributed by atoms with Crippen LogP contribution in [0.2, 0.25) is 0 Å². The molecule has 4 rings (SSSR count). The molecule has 2 aliphatic rings. The highest BCUT2D eigenvalue weighted by Gasteiger charge is 2.28. The van der Waals surface area contributed by atoms with Crippen molar-refractivity contribution in [1.82, 2.24) is 10.2 Å². The van der Waals surface area contributed by atoms with Crippen LogP contribution in [0.15, 0.2) is 34.7 Å². The van der Waals surface area contributed by atoms with Crippen LogP contribution in [0.5, 0.6) is 0 Å². The Kier molecular flexibility index (Phi) is 4.47. The van der Waals surface area contributed by atoms with E-state index in [-0.39, 0.29) is 17.7 Å². The molecule has 1 saturated heterocycles. The fourth-order valence-corrected chi connectivity index (χ4v) is 3.64. The van der Waals surface area contributed by atoms with Crippen molar-refractivity contribution in [3.8, 4) is 0 Å². The van der Waals surface area contributed by atoms with E-state index in [1.54, 1.807) is 0 Å². The minimum Gasteiger partial charge on any atom is -0.451 e. The fourth-order valence-electron chi connectivity index (χ4n) is 3.64. The topological polar surface area (TPSA) is 62.6 Å². The van der Waals surface area contributed by atoms with E-state index in [1.807, 2.05) is 35.2 Å². The minimum absolute atomic E-state index is 0.0341. The number of hydrogen-bond donors (Lipinski definition) is 1. The number of rotatable bonds is 4. The maximum Gasteiger partial charge on any atom is 0.289 e. The maximum atomic E-state index is 12.6. The summed E-state index contributed by atoms with van der Waals surface area (Å²) in [5.41, 5.74) is 0.749. The van der Waals surface area contributed by atoms with Gasteiger partial charge in [0.15, 0.2) is 5.76 Å². The number of piperidine rings is 1. The van der Waals surface area contributed by atoms with Gasteiger partial charge in [0.1, 0.15) is 5.58 Å². The summed E-state index contributed by atoms with van der Waals surface area (Å²) in [5.74, 6) is 1.30. The molecular formula is C20H24N2O3. The van der Waals surface area contributed by atoms with Gasteiger partial charge >= 0.3 is 0 Å². The molecule has 0 atom stereocenters. The van der Waals surface area contributed by atoms with Crippen LogP contribution in [0.1, 0.15) is 42.7 Å². The number of benzene rings is 1. The lowest BCUT2D eigenvalue weighted by molar-refractivity contribution is -0.127. The number of likely N-dealkylation sites (tertiary alicyclic amines) is 1. The van der Waals surface area contributed by atoms with E-state index in [0.717, 1.165) is 56.3 Å². The second-order valence-corrected chi connectivity index (χ2v) is 7.26. The van der Waals surface area contributed by atoms with Crippen LogP contribution in [0.25, 0.3) is 11.0 Å². The lowest BCUT2D eigenvalue weighted by atomic mass is 9.84. The third kappa shape index (κ3) is 3.41. The van der Waals surface area contributed by atoms with Crippen molar-refractivity contribution in [2.75, 3.05) is 19.6 Å². The standard InChI is InChI=1S/C20H24N2O3/c23-19(15-5-3-6-15)21-13-14-8-10-22(11-9-14)20(24)18-12-16-4-1-2-7-17(16)25-18/h1-2,4,7,12,14-15H,3,5-6,8-11,13H2,(H,21,23). The molecule has 2 fully saturated rings. The van der Waals surface area contributed by atoms with E-state index in [1.165, 1.54) is 6.42 Å². The summed E-state index contributed by atoms with van der Waals surface area (Å²) in [7, 11) is 0. The molecule has 0 bridgehead atoms. The summed E-state index contributed by atoms with van der Waals surface area (Å²) < 4.78 is 5.69. The summed E-state index contributed by atoms with van der Waals surface area (Å²) >= 11 is 0. The Morgan fingerprint density at radius 2 is 1.88 bits per heavy atom. The smallest absolute Gasteiger partial charge is 0.289 e. The lowest BCUT2D eigenvalue weighted by Crippen LogP contribution is -2.43. The van der Waals surface area contributed by atoms with Crippen molar-refractivity contribution in [2.45, 2.75) is 32.1 Å². The van der Waals surface area contributed by atoms with Crippen molar-refractivity contribution in [1.29, 1.82) is 0 Å². The number of amides is 2. The lowest BCUT2D eigenvalue weighted by Gasteiger charge is -2.32. The number of nitrogens with one attached hydrogen (secondary N) is 1. The Balaban J connectivity index is 1.29. The quantitative estimate of drug-likeness (QED) is 0.930. The van der Waals surface area contributed by atoms with Gasteiger partial charge in [-0.3, -0.25) is 9.59 Å². The number of para-hydroxylation sites is 1. The van der Waals surface area contributed by atoms with Crippen molar-refractivity contribution in [3.63, 3.8) is 0 Å². The largest absolute Gasteiger partial charge is 0.451 e. The van der Waals surface area contributed by atoms with E-state index >= 15 is 0 Å². The first-order valence-corrected chi connectivity index (χ1v) is 9.26. The second kappa shape index (κ2) is 6.90. The second-order valence-electron chi connectivity index (χ2n) is 7.26. The highest BCUT2D eigenvalue weighted by atomic mass is 16.3. The Morgan fingerprint density at radius 1 is 1.12 bits per heavy atom. The van der Waals surface area contributed by atoms with Gasteiger partial charge in [-0.15, -0.1) is 0 Å². The van der Waals surface area contributed by atoms with Gasteiger partial charge in [0.2, 0.25) is 5.91 Å². The molecule has 25 heavy (non-hydrogen) atoms. The average molecular weight is 340 g/mol. The van der Waals surface area contributed by atoms with Crippen LogP contribution >= 0.6 is 0 Å². The SMILES string of the molecule is O=C(NCC1CCN(C(=O)c2cc3ccccc3o2)CC1)C1CCC1. The van der Waals surface area contributed by atoms with E-state index in [9.17, 15) is 9.59 Å². The Morgan fingerprint density at radius 3 is 2.56 bits per heavy atom. The fraction of sp³-hybridized carbons (Fsp3) is 0.500. The Bertz CT molecular complexity index is 737. The highest BCUT2D eigenvalue weighted by molar-refractivity contribution is 5.96. The number of hydrogen-bond acceptors (Lipinski definition) is 3. The molecule has 1 aliphatic heterocycles. The zero-order valence-electron chi connectivity index (χ0n) is 14.4. The number of fused-ring (bicyclic) bond motifs is 1. The van der Waals surface area contributed by atoms with Crippen molar-refractivity contribution in [2.24, 2.45) is 11.8 Å². The third-order valence-corrected chi connectivity index (χ3v) is 5.58. The van der Waals surface area contributed by atoms with Gasteiger partial charge in [-0.2, -0.15) is 0 Å². The molecular weight excluding hydrogens is 316 g/mol. The molecule has 2 heterocycles. The number of carbonyl (C=O) groups excluding carboxylic acids is 2. The average Bonchev–Trinajstić information content (AvgIpc) is 3.02. The van der Waals surface area contributed by atoms with E-state index < -0.39 is 0 Å². The molecule has 0 unspecified atom stereocenters. The van der Waals surface area contributed by atoms with E-state index in [0.29, 0.717) is 11.7 Å². The molecule has 0 radical (unpaired) electrons. The minimum atomic E-state index is -0.0341. The van der Waals surface area contributed by atoms with Gasteiger partial charge in [0.25, 0.3) is 5.91 Å². The number of nitrogens with zero attached hydrogens (tertiary/aromatic N) is 1. The van der Waals surface area contributed by atoms with Crippen LogP contribution in [0.4, 0.5) is 0 Å². The molecule has 1 saturated carbocycles. The molecule has 5 heteroatoms. The van der Waals surface area contributed by atoms with Gasteiger partial charge in [-0.05, 0) is 43.7 Å². The number of furan rings is 1. The Labute approximate surface area is 147 Å². The molecule has 1 aromatic heterocycles. The normalized spacial score (nSPS) is 19.0. The predicted octanol–water partition coefficient (Wildman–Crippen LogP) is 3.20. The zero-order chi connectivity index (χ0) is 17.2. The van der Waals surface area contributed by atoms with Crippen LogP contribution in [0.3, 0.4) is 0 Å². The summed E-state index contributed by atoms with van der Waals surface area (Å²) in [4.78, 5) is 26.4. The molecule has 1 N–H and O–H groups in total. The summed E-state index contributed by atoms with van der Waals surface area (Å²) in [6, 6.07) is 9.50. The molecule has 2 amide bonds. The van der Waals surface area contributed by atoms with Crippen LogP contribution in [-0.4, -0.2) is 36.3 Å². The summed E-state index contributed by atoms with van der Waals surface area (Å²) in [6.07, 6.45) is 5.11. The van der Waals surface area contributed by atoms with Crippen LogP contribution in [-0.2, 0) is 4.79 Å². The molecule has 5 nitrogen and oxygen atoms in total. The molecule has 1 aromatic carbocycles. The van der Waals surface area contributed by atoms with Gasteiger partial charge in [-0.25, -0.2) is 0 Å². The maximum absolute atomic E-state index is 12.6. The first-order valence-electron chi connectivity index (χ1n) is 9.26. The van der Waals surface area contributed by atoms with E-state index in [2.05, 4.69) is 5.32 Å². The Hall–Kier alpha value is -2.30. The third-order valence-electron chi connectivity index (χ3n) is 5.58.